The Kier molecular flexibility index (Phi) is 4.45. The van der Waals surface area contributed by atoms with Crippen LogP contribution < -0.4 is 5.73 Å². The van der Waals surface area contributed by atoms with Crippen LogP contribution in [-0.2, 0) is 13.0 Å². The predicted octanol–water partition coefficient (Wildman–Crippen LogP) is 4.06. The first kappa shape index (κ1) is 14.6. The van der Waals surface area contributed by atoms with E-state index < -0.39 is 5.82 Å². The van der Waals surface area contributed by atoms with E-state index in [0.717, 1.165) is 18.7 Å². The van der Waals surface area contributed by atoms with Crippen molar-refractivity contribution >= 4 is 17.4 Å². The van der Waals surface area contributed by atoms with E-state index in [4.69, 9.17) is 17.3 Å². The van der Waals surface area contributed by atoms with Crippen molar-refractivity contribution in [1.82, 2.24) is 9.55 Å². The molecule has 0 saturated carbocycles. The number of hydrogen-bond donors (Lipinski definition) is 1. The summed E-state index contributed by atoms with van der Waals surface area (Å²) in [5.74, 6) is 1.00. The van der Waals surface area contributed by atoms with Crippen molar-refractivity contribution in [3.63, 3.8) is 0 Å². The topological polar surface area (TPSA) is 43.8 Å². The smallest absolute Gasteiger partial charge is 0.141 e. The van der Waals surface area contributed by atoms with Crippen LogP contribution in [0.25, 0.3) is 11.3 Å². The van der Waals surface area contributed by atoms with Crippen LogP contribution in [-0.4, -0.2) is 9.55 Å². The summed E-state index contributed by atoms with van der Waals surface area (Å²) in [7, 11) is 0. The van der Waals surface area contributed by atoms with E-state index >= 15 is 0 Å². The van der Waals surface area contributed by atoms with Gasteiger partial charge in [0.15, 0.2) is 0 Å². The number of anilines is 1. The minimum Gasteiger partial charge on any atom is -0.383 e. The molecule has 1 aromatic carbocycles. The molecule has 20 heavy (non-hydrogen) atoms. The summed E-state index contributed by atoms with van der Waals surface area (Å²) in [6, 6.07) is 4.50. The van der Waals surface area contributed by atoms with Crippen LogP contribution in [0.15, 0.2) is 30.9 Å². The Morgan fingerprint density at radius 2 is 2.25 bits per heavy atom. The number of halogens is 2. The van der Waals surface area contributed by atoms with Gasteiger partial charge < -0.3 is 10.3 Å². The van der Waals surface area contributed by atoms with Crippen molar-refractivity contribution in [2.45, 2.75) is 26.3 Å². The molecule has 0 atom stereocenters. The Morgan fingerprint density at radius 1 is 1.50 bits per heavy atom. The Hall–Kier alpha value is -1.81. The number of hydrogen-bond acceptors (Lipinski definition) is 2. The molecule has 0 amide bonds. The van der Waals surface area contributed by atoms with Crippen molar-refractivity contribution in [3.05, 3.63) is 47.5 Å². The largest absolute Gasteiger partial charge is 0.383 e. The van der Waals surface area contributed by atoms with E-state index in [1.54, 1.807) is 18.2 Å². The number of nitrogen functional groups attached to an aromatic ring is 1. The SMILES string of the molecule is C=CCn1c(CCC)nc(-c2ccc(F)c(Cl)c2)c1N. The number of nitrogens with two attached hydrogens (primary N) is 1. The highest BCUT2D eigenvalue weighted by Crippen LogP contribution is 2.29. The van der Waals surface area contributed by atoms with E-state index in [-0.39, 0.29) is 5.02 Å². The van der Waals surface area contributed by atoms with Crippen molar-refractivity contribution in [2.24, 2.45) is 0 Å². The van der Waals surface area contributed by atoms with Crippen molar-refractivity contribution in [1.29, 1.82) is 0 Å². The third kappa shape index (κ3) is 2.70. The van der Waals surface area contributed by atoms with Gasteiger partial charge in [0.25, 0.3) is 0 Å². The molecule has 2 rings (SSSR count). The first-order chi connectivity index (χ1) is 9.58. The third-order valence-corrected chi connectivity index (χ3v) is 3.35. The zero-order chi connectivity index (χ0) is 14.7. The van der Waals surface area contributed by atoms with E-state index in [2.05, 4.69) is 18.5 Å². The van der Waals surface area contributed by atoms with Crippen LogP contribution in [0.5, 0.6) is 0 Å². The van der Waals surface area contributed by atoms with Crippen LogP contribution in [0.4, 0.5) is 10.2 Å². The molecule has 2 aromatic rings. The molecular formula is C15H17ClFN3. The van der Waals surface area contributed by atoms with Gasteiger partial charge in [0.05, 0.1) is 5.02 Å². The van der Waals surface area contributed by atoms with Gasteiger partial charge in [0, 0.05) is 18.5 Å². The number of rotatable bonds is 5. The molecule has 0 radical (unpaired) electrons. The number of imidazole rings is 1. The summed E-state index contributed by atoms with van der Waals surface area (Å²) >= 11 is 5.82. The maximum Gasteiger partial charge on any atom is 0.141 e. The van der Waals surface area contributed by atoms with Gasteiger partial charge in [-0.25, -0.2) is 9.37 Å². The lowest BCUT2D eigenvalue weighted by molar-refractivity contribution is 0.628. The molecule has 0 spiro atoms. The van der Waals surface area contributed by atoms with Gasteiger partial charge >= 0.3 is 0 Å². The molecule has 3 nitrogen and oxygen atoms in total. The summed E-state index contributed by atoms with van der Waals surface area (Å²) in [6.07, 6.45) is 3.57. The highest BCUT2D eigenvalue weighted by atomic mass is 35.5. The van der Waals surface area contributed by atoms with Crippen LogP contribution in [0.2, 0.25) is 5.02 Å². The quantitative estimate of drug-likeness (QED) is 0.845. The second-order valence-corrected chi connectivity index (χ2v) is 4.95. The minimum absolute atomic E-state index is 0.0669. The first-order valence-electron chi connectivity index (χ1n) is 6.49. The summed E-state index contributed by atoms with van der Waals surface area (Å²) in [6.45, 7) is 6.41. The molecule has 5 heteroatoms. The lowest BCUT2D eigenvalue weighted by Gasteiger charge is -2.06. The molecule has 0 aliphatic carbocycles. The van der Waals surface area contributed by atoms with Crippen molar-refractivity contribution in [3.8, 4) is 11.3 Å². The lowest BCUT2D eigenvalue weighted by atomic mass is 10.1. The van der Waals surface area contributed by atoms with Crippen LogP contribution in [0.3, 0.4) is 0 Å². The molecule has 0 aliphatic heterocycles. The normalized spacial score (nSPS) is 10.8. The molecule has 1 aromatic heterocycles. The van der Waals surface area contributed by atoms with E-state index in [1.165, 1.54) is 6.07 Å². The molecule has 0 aliphatic rings. The number of allylic oxidation sites excluding steroid dienone is 1. The summed E-state index contributed by atoms with van der Waals surface area (Å²) in [5, 5.41) is 0.0669. The second-order valence-electron chi connectivity index (χ2n) is 4.54. The zero-order valence-electron chi connectivity index (χ0n) is 11.4. The molecule has 0 unspecified atom stereocenters. The number of aryl methyl sites for hydroxylation is 1. The fourth-order valence-electron chi connectivity index (χ4n) is 2.12. The molecule has 2 N–H and O–H groups in total. The third-order valence-electron chi connectivity index (χ3n) is 3.06. The molecule has 0 saturated heterocycles. The van der Waals surface area contributed by atoms with E-state index in [9.17, 15) is 4.39 Å². The standard InChI is InChI=1S/C15H17ClFN3/c1-3-5-13-19-14(15(18)20(13)8-4-2)10-6-7-12(17)11(16)9-10/h4,6-7,9H,2-3,5,8,18H2,1H3. The highest BCUT2D eigenvalue weighted by molar-refractivity contribution is 6.31. The summed E-state index contributed by atoms with van der Waals surface area (Å²) in [4.78, 5) is 4.57. The molecule has 0 fully saturated rings. The zero-order valence-corrected chi connectivity index (χ0v) is 12.1. The fraction of sp³-hybridized carbons (Fsp3) is 0.267. The van der Waals surface area contributed by atoms with Gasteiger partial charge in [-0.15, -0.1) is 6.58 Å². The van der Waals surface area contributed by atoms with Crippen molar-refractivity contribution < 1.29 is 4.39 Å². The average Bonchev–Trinajstić information content (AvgIpc) is 2.72. The van der Waals surface area contributed by atoms with Gasteiger partial charge in [-0.1, -0.05) is 24.6 Å². The molecule has 106 valence electrons. The Morgan fingerprint density at radius 3 is 2.85 bits per heavy atom. The fourth-order valence-corrected chi connectivity index (χ4v) is 2.30. The molecular weight excluding hydrogens is 277 g/mol. The molecule has 0 bridgehead atoms. The Labute approximate surface area is 122 Å². The Bertz CT molecular complexity index is 634. The van der Waals surface area contributed by atoms with Gasteiger partial charge in [0.2, 0.25) is 0 Å². The van der Waals surface area contributed by atoms with E-state index in [1.807, 2.05) is 4.57 Å². The van der Waals surface area contributed by atoms with Gasteiger partial charge in [0.1, 0.15) is 23.2 Å². The molecule has 1 heterocycles. The lowest BCUT2D eigenvalue weighted by Crippen LogP contribution is -2.05. The maximum atomic E-state index is 13.2. The summed E-state index contributed by atoms with van der Waals surface area (Å²) < 4.78 is 15.2. The summed E-state index contributed by atoms with van der Waals surface area (Å²) in [5.41, 5.74) is 7.51. The predicted molar refractivity (Wildman–Crippen MR) is 81.2 cm³/mol. The van der Waals surface area contributed by atoms with Crippen LogP contribution in [0, 0.1) is 5.82 Å². The number of benzene rings is 1. The second kappa shape index (κ2) is 6.09. The minimum atomic E-state index is -0.451. The van der Waals surface area contributed by atoms with Gasteiger partial charge in [-0.05, 0) is 24.6 Å². The maximum absolute atomic E-state index is 13.2. The highest BCUT2D eigenvalue weighted by Gasteiger charge is 2.15. The van der Waals surface area contributed by atoms with Crippen molar-refractivity contribution in [2.75, 3.05) is 5.73 Å². The number of nitrogens with zero attached hydrogens (tertiary/aromatic N) is 2. The van der Waals surface area contributed by atoms with Crippen LogP contribution >= 0.6 is 11.6 Å². The number of aromatic nitrogens is 2. The van der Waals surface area contributed by atoms with Gasteiger partial charge in [-0.2, -0.15) is 0 Å². The van der Waals surface area contributed by atoms with E-state index in [0.29, 0.717) is 23.6 Å². The average molecular weight is 294 g/mol. The first-order valence-corrected chi connectivity index (χ1v) is 6.87. The van der Waals surface area contributed by atoms with Crippen LogP contribution in [0.1, 0.15) is 19.2 Å². The van der Waals surface area contributed by atoms with Gasteiger partial charge in [-0.3, -0.25) is 0 Å². The monoisotopic (exact) mass is 293 g/mol. The Balaban J connectivity index is 2.53.